The number of thiocarbonyl (C=S) groups is 1. The SMILES string of the molecule is Cc1cc([N+](=O)[O-])c(Cl)cc1NC(=S)NC(=O)COc1ccccc1. The van der Waals surface area contributed by atoms with Crippen LogP contribution in [0, 0.1) is 17.0 Å². The maximum Gasteiger partial charge on any atom is 0.288 e. The van der Waals surface area contributed by atoms with E-state index in [1.807, 2.05) is 6.07 Å². The van der Waals surface area contributed by atoms with Crippen LogP contribution in [0.4, 0.5) is 11.4 Å². The summed E-state index contributed by atoms with van der Waals surface area (Å²) in [7, 11) is 0. The molecule has 2 rings (SSSR count). The summed E-state index contributed by atoms with van der Waals surface area (Å²) in [4.78, 5) is 22.1. The van der Waals surface area contributed by atoms with Crippen molar-refractivity contribution >= 4 is 46.2 Å². The number of hydrogen-bond acceptors (Lipinski definition) is 5. The van der Waals surface area contributed by atoms with Gasteiger partial charge in [0.25, 0.3) is 11.6 Å². The lowest BCUT2D eigenvalue weighted by Crippen LogP contribution is -2.37. The Morgan fingerprint density at radius 3 is 2.64 bits per heavy atom. The minimum absolute atomic E-state index is 0.0281. The molecule has 1 amide bonds. The average molecular weight is 380 g/mol. The van der Waals surface area contributed by atoms with E-state index in [9.17, 15) is 14.9 Å². The standard InChI is InChI=1S/C16H14ClN3O4S/c1-10-7-14(20(22)23)12(17)8-13(10)18-16(25)19-15(21)9-24-11-5-3-2-4-6-11/h2-8H,9H2,1H3,(H2,18,19,21,25). The van der Waals surface area contributed by atoms with Gasteiger partial charge in [-0.15, -0.1) is 0 Å². The second-order valence-corrected chi connectivity index (χ2v) is 5.80. The molecule has 0 radical (unpaired) electrons. The Morgan fingerprint density at radius 1 is 1.32 bits per heavy atom. The molecule has 0 aliphatic rings. The monoisotopic (exact) mass is 379 g/mol. The highest BCUT2D eigenvalue weighted by Crippen LogP contribution is 2.30. The summed E-state index contributed by atoms with van der Waals surface area (Å²) in [5, 5.41) is 16.1. The first-order valence-electron chi connectivity index (χ1n) is 7.10. The molecule has 0 spiro atoms. The van der Waals surface area contributed by atoms with Gasteiger partial charge in [0.15, 0.2) is 11.7 Å². The quantitative estimate of drug-likeness (QED) is 0.469. The van der Waals surface area contributed by atoms with Crippen molar-refractivity contribution in [2.45, 2.75) is 6.92 Å². The van der Waals surface area contributed by atoms with E-state index in [-0.39, 0.29) is 22.4 Å². The molecule has 0 aromatic heterocycles. The number of para-hydroxylation sites is 1. The molecule has 2 aromatic carbocycles. The highest BCUT2D eigenvalue weighted by atomic mass is 35.5. The Bertz CT molecular complexity index is 815. The Kier molecular flexibility index (Phi) is 6.26. The molecule has 7 nitrogen and oxygen atoms in total. The van der Waals surface area contributed by atoms with Crippen molar-refractivity contribution < 1.29 is 14.5 Å². The highest BCUT2D eigenvalue weighted by molar-refractivity contribution is 7.80. The van der Waals surface area contributed by atoms with Gasteiger partial charge in [-0.3, -0.25) is 20.2 Å². The van der Waals surface area contributed by atoms with E-state index >= 15 is 0 Å². The Hall–Kier alpha value is -2.71. The number of benzene rings is 2. The van der Waals surface area contributed by atoms with Crippen LogP contribution in [0.5, 0.6) is 5.75 Å². The van der Waals surface area contributed by atoms with Gasteiger partial charge < -0.3 is 10.1 Å². The predicted molar refractivity (Wildman–Crippen MR) is 99.1 cm³/mol. The number of hydrogen-bond donors (Lipinski definition) is 2. The Labute approximate surface area is 154 Å². The maximum absolute atomic E-state index is 11.8. The molecule has 0 bridgehead atoms. The molecule has 9 heteroatoms. The van der Waals surface area contributed by atoms with E-state index < -0.39 is 10.8 Å². The number of carbonyl (C=O) groups excluding carboxylic acids is 1. The second-order valence-electron chi connectivity index (χ2n) is 4.98. The number of amides is 1. The first-order chi connectivity index (χ1) is 11.9. The van der Waals surface area contributed by atoms with Crippen molar-refractivity contribution in [3.63, 3.8) is 0 Å². The first kappa shape index (κ1) is 18.6. The van der Waals surface area contributed by atoms with Gasteiger partial charge in [-0.1, -0.05) is 29.8 Å². The van der Waals surface area contributed by atoms with Gasteiger partial charge in [0.05, 0.1) is 4.92 Å². The van der Waals surface area contributed by atoms with Crippen LogP contribution in [0.3, 0.4) is 0 Å². The molecule has 0 saturated heterocycles. The van der Waals surface area contributed by atoms with Crippen molar-refractivity contribution in [2.24, 2.45) is 0 Å². The van der Waals surface area contributed by atoms with Crippen LogP contribution >= 0.6 is 23.8 Å². The molecule has 25 heavy (non-hydrogen) atoms. The summed E-state index contributed by atoms with van der Waals surface area (Å²) in [6.45, 7) is 1.46. The lowest BCUT2D eigenvalue weighted by Gasteiger charge is -2.12. The molecule has 0 unspecified atom stereocenters. The summed E-state index contributed by atoms with van der Waals surface area (Å²) in [5.41, 5.74) is 0.828. The summed E-state index contributed by atoms with van der Waals surface area (Å²) < 4.78 is 5.31. The van der Waals surface area contributed by atoms with Gasteiger partial charge in [-0.05, 0) is 42.9 Å². The molecular formula is C16H14ClN3O4S. The lowest BCUT2D eigenvalue weighted by atomic mass is 10.2. The number of anilines is 1. The van der Waals surface area contributed by atoms with Crippen LogP contribution < -0.4 is 15.4 Å². The van der Waals surface area contributed by atoms with E-state index in [1.54, 1.807) is 31.2 Å². The fraction of sp³-hybridized carbons (Fsp3) is 0.125. The van der Waals surface area contributed by atoms with Crippen molar-refractivity contribution in [3.05, 3.63) is 63.2 Å². The summed E-state index contributed by atoms with van der Waals surface area (Å²) >= 11 is 10.9. The van der Waals surface area contributed by atoms with Crippen LogP contribution in [0.2, 0.25) is 5.02 Å². The van der Waals surface area contributed by atoms with Gasteiger partial charge >= 0.3 is 0 Å². The van der Waals surface area contributed by atoms with Gasteiger partial charge in [-0.25, -0.2) is 0 Å². The summed E-state index contributed by atoms with van der Waals surface area (Å²) in [6, 6.07) is 11.6. The minimum atomic E-state index is -0.569. The van der Waals surface area contributed by atoms with Crippen LogP contribution in [0.25, 0.3) is 0 Å². The Morgan fingerprint density at radius 2 is 2.00 bits per heavy atom. The number of nitrogens with one attached hydrogen (secondary N) is 2. The van der Waals surface area contributed by atoms with Crippen LogP contribution in [0.15, 0.2) is 42.5 Å². The fourth-order valence-corrected chi connectivity index (χ4v) is 2.38. The highest BCUT2D eigenvalue weighted by Gasteiger charge is 2.16. The molecule has 0 aliphatic heterocycles. The number of ether oxygens (including phenoxy) is 1. The second kappa shape index (κ2) is 8.41. The van der Waals surface area contributed by atoms with Crippen molar-refractivity contribution in [1.82, 2.24) is 5.32 Å². The number of carbonyl (C=O) groups is 1. The van der Waals surface area contributed by atoms with Gasteiger partial charge in [-0.2, -0.15) is 0 Å². The molecule has 0 atom stereocenters. The zero-order valence-corrected chi connectivity index (χ0v) is 14.7. The number of nitrogens with zero attached hydrogens (tertiary/aromatic N) is 1. The fourth-order valence-electron chi connectivity index (χ4n) is 1.92. The number of aryl methyl sites for hydroxylation is 1. The van der Waals surface area contributed by atoms with Crippen LogP contribution in [-0.2, 0) is 4.79 Å². The number of rotatable bonds is 5. The lowest BCUT2D eigenvalue weighted by molar-refractivity contribution is -0.384. The number of nitro groups is 1. The average Bonchev–Trinajstić information content (AvgIpc) is 2.56. The summed E-state index contributed by atoms with van der Waals surface area (Å²) in [5.74, 6) is 0.126. The molecular weight excluding hydrogens is 366 g/mol. The smallest absolute Gasteiger partial charge is 0.288 e. The topological polar surface area (TPSA) is 93.5 Å². The maximum atomic E-state index is 11.8. The van der Waals surface area contributed by atoms with Crippen LogP contribution in [-0.4, -0.2) is 22.5 Å². The normalized spacial score (nSPS) is 10.0. The molecule has 2 N–H and O–H groups in total. The molecule has 2 aromatic rings. The molecule has 130 valence electrons. The zero-order chi connectivity index (χ0) is 18.4. The van der Waals surface area contributed by atoms with E-state index in [1.165, 1.54) is 12.1 Å². The first-order valence-corrected chi connectivity index (χ1v) is 7.88. The van der Waals surface area contributed by atoms with Gasteiger partial charge in [0, 0.05) is 11.8 Å². The number of halogens is 1. The zero-order valence-electron chi connectivity index (χ0n) is 13.1. The molecule has 0 saturated carbocycles. The predicted octanol–water partition coefficient (Wildman–Crippen LogP) is 3.45. The van der Waals surface area contributed by atoms with E-state index in [0.717, 1.165) is 0 Å². The van der Waals surface area contributed by atoms with Crippen molar-refractivity contribution in [1.29, 1.82) is 0 Å². The third-order valence-corrected chi connectivity index (χ3v) is 3.61. The molecule has 0 fully saturated rings. The van der Waals surface area contributed by atoms with Gasteiger partial charge in [0.1, 0.15) is 10.8 Å². The van der Waals surface area contributed by atoms with Crippen molar-refractivity contribution in [3.8, 4) is 5.75 Å². The van der Waals surface area contributed by atoms with Crippen molar-refractivity contribution in [2.75, 3.05) is 11.9 Å². The molecule has 0 heterocycles. The van der Waals surface area contributed by atoms with Crippen LogP contribution in [0.1, 0.15) is 5.56 Å². The largest absolute Gasteiger partial charge is 0.484 e. The van der Waals surface area contributed by atoms with E-state index in [2.05, 4.69) is 10.6 Å². The van der Waals surface area contributed by atoms with Gasteiger partial charge in [0.2, 0.25) is 0 Å². The number of nitro benzene ring substituents is 1. The summed E-state index contributed by atoms with van der Waals surface area (Å²) in [6.07, 6.45) is 0. The van der Waals surface area contributed by atoms with E-state index in [0.29, 0.717) is 17.0 Å². The van der Waals surface area contributed by atoms with E-state index in [4.69, 9.17) is 28.6 Å². The molecule has 0 aliphatic carbocycles. The third-order valence-electron chi connectivity index (χ3n) is 3.10. The minimum Gasteiger partial charge on any atom is -0.484 e. The Balaban J connectivity index is 1.92. The third kappa shape index (κ3) is 5.40.